The number of aliphatic hydroxyl groups excluding tert-OH is 1. The number of cyclic esters (lactones) is 1. The van der Waals surface area contributed by atoms with Gasteiger partial charge < -0.3 is 49.1 Å². The van der Waals surface area contributed by atoms with Crippen LogP contribution in [0.5, 0.6) is 0 Å². The summed E-state index contributed by atoms with van der Waals surface area (Å²) in [5.41, 5.74) is -1.48. The number of ether oxygens (including phenoxy) is 6. The highest BCUT2D eigenvalue weighted by atomic mass is 16.7. The van der Waals surface area contributed by atoms with Gasteiger partial charge in [0.15, 0.2) is 17.7 Å². The molecule has 63 heavy (non-hydrogen) atoms. The van der Waals surface area contributed by atoms with E-state index in [-0.39, 0.29) is 37.3 Å². The van der Waals surface area contributed by atoms with Crippen LogP contribution < -0.4 is 10.6 Å². The van der Waals surface area contributed by atoms with Crippen LogP contribution in [0.2, 0.25) is 0 Å². The number of esters is 2. The summed E-state index contributed by atoms with van der Waals surface area (Å²) in [5, 5.41) is 17.3. The van der Waals surface area contributed by atoms with Crippen molar-refractivity contribution in [3.63, 3.8) is 0 Å². The monoisotopic (exact) mass is 879 g/mol. The summed E-state index contributed by atoms with van der Waals surface area (Å²) >= 11 is 0. The molecule has 346 valence electrons. The number of nitrogens with one attached hydrogen (secondary N) is 2. The van der Waals surface area contributed by atoms with Gasteiger partial charge in [-0.1, -0.05) is 64.1 Å². The van der Waals surface area contributed by atoms with Gasteiger partial charge in [-0.05, 0) is 72.7 Å². The van der Waals surface area contributed by atoms with Crippen molar-refractivity contribution in [2.75, 3.05) is 20.6 Å². The Kier molecular flexibility index (Phi) is 16.1. The second-order valence-corrected chi connectivity index (χ2v) is 17.9. The number of Topliss-reactive ketones (excluding diaryl/α,β-unsaturated/α-hetero) is 1. The Hall–Kier alpha value is -4.97. The molecule has 0 radical (unpaired) electrons. The lowest BCUT2D eigenvalue weighted by Gasteiger charge is -2.48. The van der Waals surface area contributed by atoms with Crippen molar-refractivity contribution in [2.45, 2.75) is 142 Å². The Morgan fingerprint density at radius 2 is 1.70 bits per heavy atom. The average molecular weight is 880 g/mol. The van der Waals surface area contributed by atoms with Crippen LogP contribution in [-0.4, -0.2) is 131 Å². The number of rotatable bonds is 10. The fourth-order valence-corrected chi connectivity index (χ4v) is 9.40. The highest BCUT2D eigenvalue weighted by Gasteiger charge is 2.58. The maximum atomic E-state index is 14.6. The van der Waals surface area contributed by atoms with E-state index in [0.717, 1.165) is 11.1 Å². The Morgan fingerprint density at radius 1 is 1.03 bits per heavy atom. The Morgan fingerprint density at radius 3 is 2.32 bits per heavy atom. The molecule has 14 atom stereocenters. The van der Waals surface area contributed by atoms with Gasteiger partial charge in [0.05, 0.1) is 18.1 Å². The molecule has 0 saturated carbocycles. The molecule has 1 aromatic carbocycles. The highest BCUT2D eigenvalue weighted by molar-refractivity contribution is 5.85. The molecule has 3 aliphatic heterocycles. The molecule has 2 aromatic rings. The summed E-state index contributed by atoms with van der Waals surface area (Å²) in [7, 11) is 3.66. The molecule has 0 unspecified atom stereocenters. The highest BCUT2D eigenvalue weighted by Crippen LogP contribution is 2.42. The number of aromatic nitrogens is 2. The maximum Gasteiger partial charge on any atom is 0.408 e. The number of nitrogens with zero attached hydrogens (tertiary/aromatic N) is 3. The maximum absolute atomic E-state index is 14.6. The second-order valence-electron chi connectivity index (χ2n) is 17.9. The smallest absolute Gasteiger partial charge is 0.408 e. The van der Waals surface area contributed by atoms with Gasteiger partial charge in [0.25, 0.3) is 0 Å². The van der Waals surface area contributed by atoms with Crippen molar-refractivity contribution in [2.24, 2.45) is 23.7 Å². The summed E-state index contributed by atoms with van der Waals surface area (Å²) in [4.78, 5) is 78.9. The molecule has 4 heterocycles. The van der Waals surface area contributed by atoms with E-state index in [1.54, 1.807) is 73.0 Å². The van der Waals surface area contributed by atoms with E-state index in [1.165, 1.54) is 6.92 Å². The molecule has 3 aliphatic rings. The predicted molar refractivity (Wildman–Crippen MR) is 231 cm³/mol. The van der Waals surface area contributed by atoms with Crippen LogP contribution in [0.3, 0.4) is 0 Å². The number of carbonyl (C=O) groups excluding carboxylic acids is 5. The molecule has 5 rings (SSSR count). The third-order valence-electron chi connectivity index (χ3n) is 12.7. The van der Waals surface area contributed by atoms with Crippen LogP contribution in [0.25, 0.3) is 17.5 Å². The third kappa shape index (κ3) is 11.4. The minimum absolute atomic E-state index is 0.0506. The number of aliphatic hydroxyl groups is 1. The minimum atomic E-state index is -1.73. The first-order valence-corrected chi connectivity index (χ1v) is 21.8. The molecular weight excluding hydrogens is 815 g/mol. The molecule has 17 nitrogen and oxygen atoms in total. The summed E-state index contributed by atoms with van der Waals surface area (Å²) < 4.78 is 37.2. The van der Waals surface area contributed by atoms with Crippen LogP contribution >= 0.6 is 0 Å². The lowest BCUT2D eigenvalue weighted by Crippen LogP contribution is -2.61. The first-order valence-electron chi connectivity index (χ1n) is 21.8. The van der Waals surface area contributed by atoms with E-state index in [2.05, 4.69) is 20.6 Å². The first-order chi connectivity index (χ1) is 29.7. The average Bonchev–Trinajstić information content (AvgIpc) is 3.56. The van der Waals surface area contributed by atoms with Gasteiger partial charge >= 0.3 is 24.1 Å². The van der Waals surface area contributed by atoms with Crippen LogP contribution in [0.1, 0.15) is 87.1 Å². The molecule has 3 fully saturated rings. The number of hydrogen-bond acceptors (Lipinski definition) is 15. The Balaban J connectivity index is 1.53. The Bertz CT molecular complexity index is 1950. The molecule has 0 spiro atoms. The molecule has 0 aliphatic carbocycles. The van der Waals surface area contributed by atoms with Crippen molar-refractivity contribution in [3.8, 4) is 11.4 Å². The van der Waals surface area contributed by atoms with Crippen LogP contribution in [0.15, 0.2) is 48.8 Å². The van der Waals surface area contributed by atoms with Gasteiger partial charge in [0.2, 0.25) is 0 Å². The zero-order valence-electron chi connectivity index (χ0n) is 38.2. The van der Waals surface area contributed by atoms with Gasteiger partial charge in [-0.15, -0.1) is 0 Å². The lowest BCUT2D eigenvalue weighted by molar-refractivity contribution is -0.298. The van der Waals surface area contributed by atoms with E-state index >= 15 is 0 Å². The summed E-state index contributed by atoms with van der Waals surface area (Å²) in [5.74, 6) is -5.00. The summed E-state index contributed by atoms with van der Waals surface area (Å²) in [6.45, 7) is 14.7. The zero-order valence-corrected chi connectivity index (χ0v) is 38.2. The van der Waals surface area contributed by atoms with Gasteiger partial charge in [-0.3, -0.25) is 14.4 Å². The van der Waals surface area contributed by atoms with E-state index in [4.69, 9.17) is 28.4 Å². The fourth-order valence-electron chi connectivity index (χ4n) is 9.40. The fraction of sp³-hybridized carbons (Fsp3) is 0.630. The number of fused-ring (bicyclic) bond motifs is 1. The number of benzene rings is 1. The predicted octanol–water partition coefficient (Wildman–Crippen LogP) is 5.09. The van der Waals surface area contributed by atoms with Gasteiger partial charge in [0, 0.05) is 55.2 Å². The van der Waals surface area contributed by atoms with Crippen molar-refractivity contribution < 1.29 is 57.5 Å². The van der Waals surface area contributed by atoms with Gasteiger partial charge in [-0.25, -0.2) is 19.6 Å². The largest absolute Gasteiger partial charge is 0.461 e. The molecule has 1 aromatic heterocycles. The normalized spacial score (nSPS) is 35.5. The van der Waals surface area contributed by atoms with Crippen LogP contribution in [0, 0.1) is 23.7 Å². The molecule has 3 N–H and O–H groups in total. The number of carbonyl (C=O) groups is 5. The van der Waals surface area contributed by atoms with E-state index in [9.17, 15) is 29.1 Å². The third-order valence-corrected chi connectivity index (χ3v) is 12.7. The molecular formula is C46H65N5O12. The molecule has 17 heteroatoms. The molecule has 3 saturated heterocycles. The van der Waals surface area contributed by atoms with Gasteiger partial charge in [0.1, 0.15) is 35.8 Å². The first kappa shape index (κ1) is 49.1. The van der Waals surface area contributed by atoms with Crippen LogP contribution in [0.4, 0.5) is 9.59 Å². The number of alkyl carbamates (subject to hydrolysis) is 2. The van der Waals surface area contributed by atoms with Crippen molar-refractivity contribution >= 4 is 36.0 Å². The Labute approximate surface area is 370 Å². The number of ketones is 1. The zero-order chi connectivity index (χ0) is 46.4. The van der Waals surface area contributed by atoms with Crippen molar-refractivity contribution in [1.82, 2.24) is 25.5 Å². The van der Waals surface area contributed by atoms with E-state index in [0.29, 0.717) is 12.2 Å². The lowest BCUT2D eigenvalue weighted by atomic mass is 9.73. The molecule has 2 amide bonds. The van der Waals surface area contributed by atoms with E-state index < -0.39 is 95.7 Å². The van der Waals surface area contributed by atoms with Crippen molar-refractivity contribution in [1.29, 1.82) is 0 Å². The second kappa shape index (κ2) is 20.7. The number of hydrogen-bond donors (Lipinski definition) is 3. The standard InChI is InChI=1S/C46H65N5O12/c1-12-34-46(9)38(50-44(57)63-46)27(4)35(53)25(2)24-45(8,62-43(56)49-20-13-15-31-16-18-32(19-17-31)40-47-21-14-22-48-40)39(28(5)37(59-30(7)52)29(6)41(55)60-34)61-42-36(54)33(51(10)11)23-26(3)58-42/h13-19,21-22,25-29,33-34,36-39,42,54H,12,20,23-24H2,1-11H3,(H,49,56)(H,50,57)/t25-,26-,27+,28+,29-,33+,34-,36-,37+,38-,39-,42+,45-,46-/m1/s1. The number of amides is 2. The van der Waals surface area contributed by atoms with E-state index in [1.807, 2.05) is 56.3 Å². The van der Waals surface area contributed by atoms with Gasteiger partial charge in [-0.2, -0.15) is 0 Å². The number of likely N-dealkylation sites (N-methyl/N-ethyl adjacent to an activating group) is 1. The molecule has 0 bridgehead atoms. The summed E-state index contributed by atoms with van der Waals surface area (Å²) in [6.07, 6.45) is -0.488. The summed E-state index contributed by atoms with van der Waals surface area (Å²) in [6, 6.07) is 8.02. The minimum Gasteiger partial charge on any atom is -0.461 e. The quantitative estimate of drug-likeness (QED) is 0.209. The van der Waals surface area contributed by atoms with Crippen LogP contribution in [-0.2, 0) is 42.8 Å². The topological polar surface area (TPSA) is 214 Å². The SMILES string of the molecule is CC[C@H]1OC(=O)[C@H](C)[C@@H](OC(C)=O)[C@H](C)[C@@H](O[C@@H]2O[C@H](C)C[C@H](N(C)C)[C@H]2O)[C@](C)(OC(=O)NCC=Cc2ccc(-c3ncccn3)cc2)C[C@@H](C)C(=O)[C@H](C)[C@H]2NC(=O)O[C@@]21C. The van der Waals surface area contributed by atoms with Crippen molar-refractivity contribution in [3.05, 3.63) is 54.4 Å².